The molecule has 0 bridgehead atoms. The van der Waals surface area contributed by atoms with Gasteiger partial charge in [0.25, 0.3) is 20.0 Å². The summed E-state index contributed by atoms with van der Waals surface area (Å²) < 4.78 is 63.4. The highest BCUT2D eigenvalue weighted by Gasteiger charge is 2.41. The first kappa shape index (κ1) is 26.8. The predicted molar refractivity (Wildman–Crippen MR) is 122 cm³/mol. The SMILES string of the molecule is CCCOC(=O)c1ccccc1S(=O)(=O)N(C(=N)N)S(=O)(=O)c1ccccc1C(=O)OCCC. The molecule has 0 amide bonds. The summed E-state index contributed by atoms with van der Waals surface area (Å²) in [5.41, 5.74) is 4.54. The zero-order valence-electron chi connectivity index (χ0n) is 18.6. The van der Waals surface area contributed by atoms with Crippen molar-refractivity contribution < 1.29 is 35.9 Å². The van der Waals surface area contributed by atoms with Gasteiger partial charge < -0.3 is 15.2 Å². The van der Waals surface area contributed by atoms with Gasteiger partial charge in [0, 0.05) is 0 Å². The number of nitrogens with zero attached hydrogens (tertiary/aromatic N) is 1. The monoisotopic (exact) mass is 511 g/mol. The fraction of sp³-hybridized carbons (Fsp3) is 0.286. The van der Waals surface area contributed by atoms with E-state index >= 15 is 0 Å². The van der Waals surface area contributed by atoms with E-state index in [1.165, 1.54) is 24.3 Å². The molecule has 0 atom stereocenters. The van der Waals surface area contributed by atoms with E-state index in [4.69, 9.17) is 20.6 Å². The molecule has 0 fully saturated rings. The van der Waals surface area contributed by atoms with Crippen LogP contribution in [0.5, 0.6) is 0 Å². The van der Waals surface area contributed by atoms with Crippen LogP contribution in [0, 0.1) is 5.41 Å². The second-order valence-electron chi connectivity index (χ2n) is 6.86. The van der Waals surface area contributed by atoms with E-state index in [1.54, 1.807) is 13.8 Å². The molecular weight excluding hydrogens is 486 g/mol. The number of sulfonamides is 2. The lowest BCUT2D eigenvalue weighted by Gasteiger charge is -2.23. The molecule has 0 aliphatic heterocycles. The van der Waals surface area contributed by atoms with E-state index in [-0.39, 0.29) is 16.9 Å². The Balaban J connectivity index is 2.68. The van der Waals surface area contributed by atoms with Crippen molar-refractivity contribution in [2.24, 2.45) is 5.73 Å². The third-order valence-corrected chi connectivity index (χ3v) is 8.55. The van der Waals surface area contributed by atoms with Crippen LogP contribution in [0.25, 0.3) is 0 Å². The first-order valence-corrected chi connectivity index (χ1v) is 13.0. The number of benzene rings is 2. The van der Waals surface area contributed by atoms with Crippen LogP contribution < -0.4 is 5.73 Å². The molecule has 184 valence electrons. The second-order valence-corrected chi connectivity index (χ2v) is 10.6. The number of nitrogens with two attached hydrogens (primary N) is 1. The molecule has 0 spiro atoms. The van der Waals surface area contributed by atoms with E-state index in [1.807, 2.05) is 0 Å². The van der Waals surface area contributed by atoms with E-state index in [0.29, 0.717) is 12.8 Å². The third kappa shape index (κ3) is 5.54. The van der Waals surface area contributed by atoms with Gasteiger partial charge in [-0.2, -0.15) is 16.8 Å². The van der Waals surface area contributed by atoms with E-state index < -0.39 is 58.9 Å². The molecular formula is C21H25N3O8S2. The molecule has 0 aliphatic rings. The van der Waals surface area contributed by atoms with Gasteiger partial charge in [-0.05, 0) is 37.1 Å². The number of guanidine groups is 1. The second kappa shape index (κ2) is 11.1. The van der Waals surface area contributed by atoms with Gasteiger partial charge in [-0.1, -0.05) is 38.1 Å². The van der Waals surface area contributed by atoms with Crippen LogP contribution in [0.1, 0.15) is 47.4 Å². The summed E-state index contributed by atoms with van der Waals surface area (Å²) in [4.78, 5) is 23.4. The number of hydrogen-bond acceptors (Lipinski definition) is 9. The molecule has 2 aromatic carbocycles. The van der Waals surface area contributed by atoms with Gasteiger partial charge in [-0.15, -0.1) is 3.71 Å². The lowest BCUT2D eigenvalue weighted by atomic mass is 10.2. The Kier molecular flexibility index (Phi) is 8.76. The summed E-state index contributed by atoms with van der Waals surface area (Å²) in [7, 11) is -10.2. The minimum atomic E-state index is -5.12. The van der Waals surface area contributed by atoms with Gasteiger partial charge in [0.05, 0.1) is 24.3 Å². The molecule has 0 saturated heterocycles. The Morgan fingerprint density at radius 3 is 1.47 bits per heavy atom. The highest BCUT2D eigenvalue weighted by atomic mass is 32.3. The summed E-state index contributed by atoms with van der Waals surface area (Å²) in [5.74, 6) is -3.36. The fourth-order valence-electron chi connectivity index (χ4n) is 2.83. The van der Waals surface area contributed by atoms with Gasteiger partial charge in [0.15, 0.2) is 0 Å². The number of carbonyl (C=O) groups is 2. The van der Waals surface area contributed by atoms with Crippen molar-refractivity contribution in [3.05, 3.63) is 59.7 Å². The normalized spacial score (nSPS) is 11.5. The van der Waals surface area contributed by atoms with Gasteiger partial charge in [0.2, 0.25) is 5.96 Å². The number of ether oxygens (including phenoxy) is 2. The highest BCUT2D eigenvalue weighted by Crippen LogP contribution is 2.28. The Labute approximate surface area is 198 Å². The van der Waals surface area contributed by atoms with Crippen LogP contribution in [0.3, 0.4) is 0 Å². The third-order valence-electron chi connectivity index (χ3n) is 4.28. The van der Waals surface area contributed by atoms with Gasteiger partial charge in [0.1, 0.15) is 9.79 Å². The maximum Gasteiger partial charge on any atom is 0.339 e. The Hall–Kier alpha value is -3.45. The largest absolute Gasteiger partial charge is 0.462 e. The van der Waals surface area contributed by atoms with Crippen LogP contribution >= 0.6 is 0 Å². The number of rotatable bonds is 10. The highest BCUT2D eigenvalue weighted by molar-refractivity contribution is 8.05. The van der Waals surface area contributed by atoms with Crippen molar-refractivity contribution in [2.75, 3.05) is 13.2 Å². The summed E-state index contributed by atoms with van der Waals surface area (Å²) in [6.45, 7) is 3.50. The van der Waals surface area contributed by atoms with Crippen LogP contribution in [-0.4, -0.2) is 51.7 Å². The average Bonchev–Trinajstić information content (AvgIpc) is 2.80. The molecule has 0 unspecified atom stereocenters. The molecule has 0 heterocycles. The van der Waals surface area contributed by atoms with E-state index in [0.717, 1.165) is 24.3 Å². The first-order valence-electron chi connectivity index (χ1n) is 10.2. The lowest BCUT2D eigenvalue weighted by Crippen LogP contribution is -2.46. The van der Waals surface area contributed by atoms with Crippen LogP contribution in [0.4, 0.5) is 0 Å². The van der Waals surface area contributed by atoms with Crippen molar-refractivity contribution >= 4 is 37.9 Å². The van der Waals surface area contributed by atoms with Crippen molar-refractivity contribution in [1.29, 1.82) is 5.41 Å². The Morgan fingerprint density at radius 2 is 1.15 bits per heavy atom. The molecule has 0 radical (unpaired) electrons. The average molecular weight is 512 g/mol. The van der Waals surface area contributed by atoms with Gasteiger partial charge in [-0.3, -0.25) is 5.41 Å². The topological polar surface area (TPSA) is 174 Å². The van der Waals surface area contributed by atoms with Gasteiger partial charge >= 0.3 is 11.9 Å². The number of nitrogens with one attached hydrogen (secondary N) is 1. The summed E-state index contributed by atoms with van der Waals surface area (Å²) in [6, 6.07) is 9.54. The summed E-state index contributed by atoms with van der Waals surface area (Å²) in [5, 5.41) is 7.75. The molecule has 0 aromatic heterocycles. The molecule has 11 nitrogen and oxygen atoms in total. The van der Waals surface area contributed by atoms with Crippen LogP contribution in [0.2, 0.25) is 0 Å². The molecule has 2 rings (SSSR count). The van der Waals surface area contributed by atoms with Crippen molar-refractivity contribution in [2.45, 2.75) is 36.5 Å². The zero-order valence-corrected chi connectivity index (χ0v) is 20.2. The summed E-state index contributed by atoms with van der Waals surface area (Å²) in [6.07, 6.45) is 0.943. The molecule has 3 N–H and O–H groups in total. The first-order chi connectivity index (χ1) is 16.0. The molecule has 0 saturated carbocycles. The number of esters is 2. The molecule has 2 aromatic rings. The maximum absolute atomic E-state index is 13.4. The fourth-order valence-corrected chi connectivity index (χ4v) is 6.58. The zero-order chi connectivity index (χ0) is 25.5. The predicted octanol–water partition coefficient (Wildman–Crippen LogP) is 2.09. The molecule has 0 aliphatic carbocycles. The minimum Gasteiger partial charge on any atom is -0.462 e. The quantitative estimate of drug-likeness (QED) is 0.275. The van der Waals surface area contributed by atoms with Crippen LogP contribution in [-0.2, 0) is 29.5 Å². The number of hydrogen-bond donors (Lipinski definition) is 2. The van der Waals surface area contributed by atoms with Crippen molar-refractivity contribution in [1.82, 2.24) is 3.71 Å². The number of carbonyl (C=O) groups excluding carboxylic acids is 2. The van der Waals surface area contributed by atoms with Crippen molar-refractivity contribution in [3.8, 4) is 0 Å². The maximum atomic E-state index is 13.4. The smallest absolute Gasteiger partial charge is 0.339 e. The lowest BCUT2D eigenvalue weighted by molar-refractivity contribution is 0.0492. The Bertz CT molecular complexity index is 1200. The minimum absolute atomic E-state index is 0.00911. The van der Waals surface area contributed by atoms with E-state index in [2.05, 4.69) is 0 Å². The molecule has 34 heavy (non-hydrogen) atoms. The van der Waals surface area contributed by atoms with Crippen molar-refractivity contribution in [3.63, 3.8) is 0 Å². The van der Waals surface area contributed by atoms with Crippen LogP contribution in [0.15, 0.2) is 58.3 Å². The summed E-state index contributed by atoms with van der Waals surface area (Å²) >= 11 is 0. The van der Waals surface area contributed by atoms with Gasteiger partial charge in [-0.25, -0.2) is 9.59 Å². The van der Waals surface area contributed by atoms with E-state index in [9.17, 15) is 26.4 Å². The Morgan fingerprint density at radius 1 is 0.794 bits per heavy atom. The molecule has 13 heteroatoms. The standard InChI is InChI=1S/C21H25N3O8S2/c1-3-13-31-19(25)15-9-5-7-11-17(15)33(27,28)24(21(22)23)34(29,30)18-12-8-6-10-16(18)20(26)32-14-4-2/h5-12H,3-4,13-14H2,1-2H3,(H3,22,23).